The van der Waals surface area contributed by atoms with Gasteiger partial charge in [0.05, 0.1) is 0 Å². The first-order valence-electron chi connectivity index (χ1n) is 5.36. The second-order valence-corrected chi connectivity index (χ2v) is 3.76. The highest BCUT2D eigenvalue weighted by molar-refractivity contribution is 5.84. The van der Waals surface area contributed by atoms with Crippen LogP contribution in [0.25, 0.3) is 0 Å². The molecule has 0 bridgehead atoms. The summed E-state index contributed by atoms with van der Waals surface area (Å²) in [7, 11) is 0. The lowest BCUT2D eigenvalue weighted by molar-refractivity contribution is -0.152. The summed E-state index contributed by atoms with van der Waals surface area (Å²) in [4.78, 5) is 33.0. The molecule has 1 aromatic rings. The van der Waals surface area contributed by atoms with E-state index in [0.717, 1.165) is 0 Å². The van der Waals surface area contributed by atoms with Crippen molar-refractivity contribution in [2.45, 2.75) is 26.9 Å². The third-order valence-corrected chi connectivity index (χ3v) is 2.10. The molecule has 0 aliphatic heterocycles. The Morgan fingerprint density at radius 2 is 1.50 bits per heavy atom. The van der Waals surface area contributed by atoms with Crippen LogP contribution >= 0.6 is 0 Å². The van der Waals surface area contributed by atoms with E-state index in [2.05, 4.69) is 0 Å². The van der Waals surface area contributed by atoms with Crippen LogP contribution in [0.5, 0.6) is 5.75 Å². The smallest absolute Gasteiger partial charge is 0.308 e. The zero-order valence-corrected chi connectivity index (χ0v) is 10.4. The van der Waals surface area contributed by atoms with Gasteiger partial charge in [-0.05, 0) is 19.1 Å². The van der Waals surface area contributed by atoms with Gasteiger partial charge in [-0.15, -0.1) is 0 Å². The van der Waals surface area contributed by atoms with E-state index in [1.807, 2.05) is 0 Å². The molecule has 18 heavy (non-hydrogen) atoms. The van der Waals surface area contributed by atoms with Crippen LogP contribution in [0.1, 0.15) is 32.4 Å². The lowest BCUT2D eigenvalue weighted by atomic mass is 10.1. The van der Waals surface area contributed by atoms with Gasteiger partial charge in [0.25, 0.3) is 0 Å². The highest BCUT2D eigenvalue weighted by Crippen LogP contribution is 2.22. The Labute approximate surface area is 105 Å². The maximum absolute atomic E-state index is 11.4. The van der Waals surface area contributed by atoms with Crippen LogP contribution in [0.15, 0.2) is 24.3 Å². The molecule has 0 aromatic heterocycles. The molecule has 0 N–H and O–H groups in total. The summed E-state index contributed by atoms with van der Waals surface area (Å²) in [6.45, 7) is 3.88. The summed E-state index contributed by atoms with van der Waals surface area (Å²) in [5.74, 6) is -0.855. The highest BCUT2D eigenvalue weighted by Gasteiger charge is 2.19. The molecule has 0 fully saturated rings. The molecule has 0 radical (unpaired) electrons. The van der Waals surface area contributed by atoms with E-state index in [0.29, 0.717) is 11.3 Å². The van der Waals surface area contributed by atoms with E-state index >= 15 is 0 Å². The predicted molar refractivity (Wildman–Crippen MR) is 62.9 cm³/mol. The molecule has 1 rings (SSSR count). The van der Waals surface area contributed by atoms with Gasteiger partial charge in [-0.1, -0.05) is 12.1 Å². The van der Waals surface area contributed by atoms with Crippen LogP contribution in [-0.4, -0.2) is 17.7 Å². The third-order valence-electron chi connectivity index (χ3n) is 2.10. The van der Waals surface area contributed by atoms with E-state index in [1.54, 1.807) is 12.1 Å². The summed E-state index contributed by atoms with van der Waals surface area (Å²) in [5, 5.41) is 0. The zero-order chi connectivity index (χ0) is 13.7. The van der Waals surface area contributed by atoms with Crippen molar-refractivity contribution in [1.29, 1.82) is 0 Å². The molecule has 1 atom stereocenters. The molecule has 0 spiro atoms. The molecule has 0 aliphatic carbocycles. The number of rotatable bonds is 4. The standard InChI is InChI=1S/C13H14O5/c1-8(14)13(18-10(3)16)11-4-6-12(7-5-11)17-9(2)15/h4-7,13H,1-3H3. The first-order valence-corrected chi connectivity index (χ1v) is 5.36. The SMILES string of the molecule is CC(=O)Oc1ccc(C(OC(C)=O)C(C)=O)cc1. The number of esters is 2. The summed E-state index contributed by atoms with van der Waals surface area (Å²) >= 11 is 0. The molecule has 1 aromatic carbocycles. The molecule has 1 unspecified atom stereocenters. The van der Waals surface area contributed by atoms with Crippen molar-refractivity contribution >= 4 is 17.7 Å². The van der Waals surface area contributed by atoms with Gasteiger partial charge < -0.3 is 9.47 Å². The molecule has 0 saturated heterocycles. The second kappa shape index (κ2) is 5.95. The Morgan fingerprint density at radius 3 is 1.89 bits per heavy atom. The van der Waals surface area contributed by atoms with Gasteiger partial charge in [0.15, 0.2) is 11.9 Å². The van der Waals surface area contributed by atoms with Crippen LogP contribution in [-0.2, 0) is 19.1 Å². The number of ether oxygens (including phenoxy) is 2. The number of benzene rings is 1. The van der Waals surface area contributed by atoms with Crippen molar-refractivity contribution < 1.29 is 23.9 Å². The molecule has 96 valence electrons. The normalized spacial score (nSPS) is 11.5. The first kappa shape index (κ1) is 13.9. The average Bonchev–Trinajstić information content (AvgIpc) is 2.26. The van der Waals surface area contributed by atoms with Crippen LogP contribution in [0.3, 0.4) is 0 Å². The fourth-order valence-corrected chi connectivity index (χ4v) is 1.43. The Kier molecular flexibility index (Phi) is 4.59. The monoisotopic (exact) mass is 250 g/mol. The fourth-order valence-electron chi connectivity index (χ4n) is 1.43. The van der Waals surface area contributed by atoms with Crippen LogP contribution in [0.2, 0.25) is 0 Å². The average molecular weight is 250 g/mol. The lowest BCUT2D eigenvalue weighted by Gasteiger charge is -2.14. The number of Topliss-reactive ketones (excluding diaryl/α,β-unsaturated/α-hetero) is 1. The van der Waals surface area contributed by atoms with Crippen molar-refractivity contribution in [1.82, 2.24) is 0 Å². The van der Waals surface area contributed by atoms with Crippen LogP contribution < -0.4 is 4.74 Å². The van der Waals surface area contributed by atoms with Gasteiger partial charge in [-0.2, -0.15) is 0 Å². The van der Waals surface area contributed by atoms with Gasteiger partial charge in [0.2, 0.25) is 0 Å². The molecule has 0 aliphatic rings. The zero-order valence-electron chi connectivity index (χ0n) is 10.4. The topological polar surface area (TPSA) is 69.7 Å². The van der Waals surface area contributed by atoms with Crippen LogP contribution in [0, 0.1) is 0 Å². The first-order chi connectivity index (χ1) is 8.40. The Balaban J connectivity index is 2.90. The van der Waals surface area contributed by atoms with Gasteiger partial charge in [-0.25, -0.2) is 0 Å². The van der Waals surface area contributed by atoms with Crippen molar-refractivity contribution in [2.24, 2.45) is 0 Å². The van der Waals surface area contributed by atoms with Crippen molar-refractivity contribution in [2.75, 3.05) is 0 Å². The molecule has 0 amide bonds. The maximum atomic E-state index is 11.4. The number of carbonyl (C=O) groups excluding carboxylic acids is 3. The summed E-state index contributed by atoms with van der Waals surface area (Å²) in [6.07, 6.45) is -0.922. The van der Waals surface area contributed by atoms with Crippen LogP contribution in [0.4, 0.5) is 0 Å². The van der Waals surface area contributed by atoms with Gasteiger partial charge in [-0.3, -0.25) is 14.4 Å². The quantitative estimate of drug-likeness (QED) is 0.602. The molecule has 0 heterocycles. The summed E-state index contributed by atoms with van der Waals surface area (Å²) in [6, 6.07) is 6.23. The van der Waals surface area contributed by atoms with Gasteiger partial charge in [0, 0.05) is 19.4 Å². The summed E-state index contributed by atoms with van der Waals surface area (Å²) < 4.78 is 9.78. The predicted octanol–water partition coefficient (Wildman–Crippen LogP) is 1.81. The highest BCUT2D eigenvalue weighted by atomic mass is 16.5. The Morgan fingerprint density at radius 1 is 0.944 bits per heavy atom. The minimum absolute atomic E-state index is 0.273. The molecular formula is C13H14O5. The molecule has 5 heteroatoms. The maximum Gasteiger partial charge on any atom is 0.308 e. The van der Waals surface area contributed by atoms with E-state index in [-0.39, 0.29) is 5.78 Å². The van der Waals surface area contributed by atoms with E-state index in [9.17, 15) is 14.4 Å². The van der Waals surface area contributed by atoms with Crippen molar-refractivity contribution in [3.05, 3.63) is 29.8 Å². The largest absolute Gasteiger partial charge is 0.450 e. The fraction of sp³-hybridized carbons (Fsp3) is 0.308. The number of carbonyl (C=O) groups is 3. The summed E-state index contributed by atoms with van der Waals surface area (Å²) in [5.41, 5.74) is 0.536. The minimum Gasteiger partial charge on any atom is -0.450 e. The minimum atomic E-state index is -0.922. The van der Waals surface area contributed by atoms with E-state index < -0.39 is 18.0 Å². The number of hydrogen-bond acceptors (Lipinski definition) is 5. The van der Waals surface area contributed by atoms with Crippen molar-refractivity contribution in [3.63, 3.8) is 0 Å². The molecule has 5 nitrogen and oxygen atoms in total. The number of ketones is 1. The van der Waals surface area contributed by atoms with E-state index in [4.69, 9.17) is 9.47 Å². The Hall–Kier alpha value is -2.17. The third kappa shape index (κ3) is 4.01. The molecular weight excluding hydrogens is 236 g/mol. The molecule has 0 saturated carbocycles. The van der Waals surface area contributed by atoms with Crippen molar-refractivity contribution in [3.8, 4) is 5.75 Å². The second-order valence-electron chi connectivity index (χ2n) is 3.76. The Bertz CT molecular complexity index is 461. The van der Waals surface area contributed by atoms with E-state index in [1.165, 1.54) is 32.9 Å². The van der Waals surface area contributed by atoms with Gasteiger partial charge >= 0.3 is 11.9 Å². The van der Waals surface area contributed by atoms with Gasteiger partial charge in [0.1, 0.15) is 5.75 Å². The number of hydrogen-bond donors (Lipinski definition) is 0. The lowest BCUT2D eigenvalue weighted by Crippen LogP contribution is -2.15.